The molecule has 10 nitrogen and oxygen atoms in total. The molecular formula is C50H80F6N6O4. The zero-order chi connectivity index (χ0) is 49.8. The fraction of sp³-hybridized carbons (Fsp3) is 0.700. The number of carboxylic acid groups (broad SMARTS) is 1. The van der Waals surface area contributed by atoms with Crippen molar-refractivity contribution < 1.29 is 45.8 Å². The summed E-state index contributed by atoms with van der Waals surface area (Å²) < 4.78 is 84.2. The second-order valence-corrected chi connectivity index (χ2v) is 18.9. The summed E-state index contributed by atoms with van der Waals surface area (Å²) in [6.45, 7) is 8.63. The van der Waals surface area contributed by atoms with Gasteiger partial charge in [-0.2, -0.15) is 0 Å². The van der Waals surface area contributed by atoms with E-state index in [1.54, 1.807) is 44.4 Å². The van der Waals surface area contributed by atoms with Crippen LogP contribution in [0.1, 0.15) is 130 Å². The number of rotatable bonds is 18. The third-order valence-corrected chi connectivity index (χ3v) is 13.2. The molecule has 5 rings (SSSR count). The zero-order valence-electron chi connectivity index (χ0n) is 40.8. The molecule has 2 amide bonds. The number of nitrogens with one attached hydrogen (secondary N) is 3. The highest BCUT2D eigenvalue weighted by molar-refractivity contribution is 5.83. The number of hydrogen-bond acceptors (Lipinski definition) is 7. The maximum atomic E-state index is 14.7. The molecule has 0 spiro atoms. The Kier molecular flexibility index (Phi) is 24.7. The topological polar surface area (TPSA) is 140 Å². The molecule has 0 aromatic heterocycles. The van der Waals surface area contributed by atoms with Gasteiger partial charge in [0.05, 0.1) is 0 Å². The third-order valence-electron chi connectivity index (χ3n) is 13.2. The highest BCUT2D eigenvalue weighted by Crippen LogP contribution is 2.33. The molecular weight excluding hydrogens is 863 g/mol. The van der Waals surface area contributed by atoms with Crippen molar-refractivity contribution in [2.24, 2.45) is 23.5 Å². The minimum absolute atomic E-state index is 0.0801. The lowest BCUT2D eigenvalue weighted by Gasteiger charge is -2.35. The van der Waals surface area contributed by atoms with E-state index in [0.717, 1.165) is 68.5 Å². The lowest BCUT2D eigenvalue weighted by molar-refractivity contribution is -0.156. The van der Waals surface area contributed by atoms with Crippen molar-refractivity contribution in [1.29, 1.82) is 0 Å². The van der Waals surface area contributed by atoms with Gasteiger partial charge in [-0.3, -0.25) is 25.0 Å². The van der Waals surface area contributed by atoms with Crippen LogP contribution in [0.2, 0.25) is 0 Å². The highest BCUT2D eigenvalue weighted by atomic mass is 19.3. The first kappa shape index (κ1) is 58.4. The Balaban J connectivity index is 0.000000321. The molecule has 3 fully saturated rings. The summed E-state index contributed by atoms with van der Waals surface area (Å²) in [5.74, 6) is -15.1. The molecule has 0 saturated heterocycles. The molecule has 0 aliphatic heterocycles. The molecule has 376 valence electrons. The van der Waals surface area contributed by atoms with E-state index in [0.29, 0.717) is 0 Å². The van der Waals surface area contributed by atoms with Crippen LogP contribution in [0.4, 0.5) is 26.3 Å². The van der Waals surface area contributed by atoms with Gasteiger partial charge in [-0.15, -0.1) is 0 Å². The number of alkyl halides is 6. The van der Waals surface area contributed by atoms with E-state index in [1.807, 2.05) is 30.3 Å². The van der Waals surface area contributed by atoms with Gasteiger partial charge in [-0.25, -0.2) is 26.3 Å². The minimum Gasteiger partial charge on any atom is -0.480 e. The van der Waals surface area contributed by atoms with Crippen LogP contribution in [0.15, 0.2) is 60.7 Å². The Morgan fingerprint density at radius 3 is 1.26 bits per heavy atom. The third kappa shape index (κ3) is 17.7. The molecule has 2 aromatic rings. The molecule has 3 atom stereocenters. The highest BCUT2D eigenvalue weighted by Gasteiger charge is 2.49. The first-order valence-corrected chi connectivity index (χ1v) is 23.8. The lowest BCUT2D eigenvalue weighted by atomic mass is 9.96. The van der Waals surface area contributed by atoms with E-state index < -0.39 is 71.4 Å². The number of nitrogens with two attached hydrogens (primary N) is 1. The van der Waals surface area contributed by atoms with Crippen molar-refractivity contribution in [1.82, 2.24) is 25.8 Å². The van der Waals surface area contributed by atoms with Gasteiger partial charge in [-0.05, 0) is 56.7 Å². The van der Waals surface area contributed by atoms with E-state index in [9.17, 15) is 40.7 Å². The summed E-state index contributed by atoms with van der Waals surface area (Å²) in [4.78, 5) is 38.6. The van der Waals surface area contributed by atoms with Gasteiger partial charge < -0.3 is 26.0 Å². The number of benzene rings is 2. The summed E-state index contributed by atoms with van der Waals surface area (Å²) in [5.41, 5.74) is 7.08. The van der Waals surface area contributed by atoms with E-state index in [-0.39, 0.29) is 25.2 Å². The average molecular weight is 943 g/mol. The van der Waals surface area contributed by atoms with Crippen LogP contribution in [0, 0.1) is 17.8 Å². The number of amides is 2. The van der Waals surface area contributed by atoms with Crippen LogP contribution in [0.25, 0.3) is 0 Å². The number of carbonyl (C=O) groups excluding carboxylic acids is 2. The van der Waals surface area contributed by atoms with Crippen LogP contribution >= 0.6 is 0 Å². The standard InChI is InChI=1S/C19H28F2N2O.C13H17F2NO2.C12H22F2N2O.C6H13N/c1-14(2)19(20,21)17(22-13-15-9-5-4-6-10-15)18(24)23(3)16-11-7-8-12-16;1-9(2)13(14,15)11(12(17)18)16-8-10-6-4-3-5-7-10;1-8(2)12(13,14)10(15)11(17)16(3)9-6-4-5-7-9;1-7-6-4-2-3-5-6/h4-6,9-10,14,16-17,22H,7-8,11-13H2,1-3H3;3-7,9,11,16H,8H2,1-2H3,(H,17,18);8-10H,4-7,15H2,1-3H3;6-7H,2-5H2,1H3. The number of aliphatic carboxylic acids is 1. The Labute approximate surface area is 390 Å². The largest absolute Gasteiger partial charge is 0.480 e. The van der Waals surface area contributed by atoms with E-state index in [4.69, 9.17) is 10.8 Å². The van der Waals surface area contributed by atoms with Gasteiger partial charge in [0, 0.05) is 63.1 Å². The fourth-order valence-electron chi connectivity index (χ4n) is 8.18. The number of hydrogen-bond donors (Lipinski definition) is 5. The number of halogens is 6. The molecule has 3 unspecified atom stereocenters. The van der Waals surface area contributed by atoms with Crippen LogP contribution in [0.5, 0.6) is 0 Å². The number of nitrogens with zero attached hydrogens (tertiary/aromatic N) is 2. The van der Waals surface area contributed by atoms with Gasteiger partial charge >= 0.3 is 5.97 Å². The molecule has 3 saturated carbocycles. The Hall–Kier alpha value is -3.73. The van der Waals surface area contributed by atoms with Crippen molar-refractivity contribution in [3.05, 3.63) is 71.8 Å². The SMILES string of the molecule is CC(C)C(F)(F)C(N)C(=O)N(C)C1CCCC1.CC(C)C(F)(F)C(NCc1ccccc1)C(=O)N(C)C1CCCC1.CC(C)C(F)(F)C(NCc1ccccc1)C(=O)O.CNC1CCCC1. The van der Waals surface area contributed by atoms with Crippen LogP contribution in [-0.4, -0.2) is 108 Å². The molecule has 16 heteroatoms. The van der Waals surface area contributed by atoms with Gasteiger partial charge in [0.2, 0.25) is 11.8 Å². The lowest BCUT2D eigenvalue weighted by Crippen LogP contribution is -2.58. The summed E-state index contributed by atoms with van der Waals surface area (Å²) in [7, 11) is 5.29. The van der Waals surface area contributed by atoms with Crippen molar-refractivity contribution in [2.75, 3.05) is 21.1 Å². The van der Waals surface area contributed by atoms with Gasteiger partial charge in [0.1, 0.15) is 6.04 Å². The van der Waals surface area contributed by atoms with Crippen molar-refractivity contribution in [2.45, 2.75) is 186 Å². The van der Waals surface area contributed by atoms with E-state index in [1.165, 1.54) is 77.0 Å². The molecule has 3 aliphatic carbocycles. The van der Waals surface area contributed by atoms with Crippen LogP contribution in [-0.2, 0) is 27.5 Å². The predicted octanol–water partition coefficient (Wildman–Crippen LogP) is 9.51. The van der Waals surface area contributed by atoms with Gasteiger partial charge in [-0.1, -0.05) is 141 Å². The number of carboxylic acids is 1. The number of carbonyl (C=O) groups is 3. The van der Waals surface area contributed by atoms with Gasteiger partial charge in [0.25, 0.3) is 17.8 Å². The van der Waals surface area contributed by atoms with Crippen molar-refractivity contribution >= 4 is 17.8 Å². The van der Waals surface area contributed by atoms with Crippen LogP contribution in [0.3, 0.4) is 0 Å². The van der Waals surface area contributed by atoms with Crippen molar-refractivity contribution in [3.63, 3.8) is 0 Å². The molecule has 0 radical (unpaired) electrons. The summed E-state index contributed by atoms with van der Waals surface area (Å²) in [6, 6.07) is 14.1. The molecule has 66 heavy (non-hydrogen) atoms. The summed E-state index contributed by atoms with van der Waals surface area (Å²) >= 11 is 0. The zero-order valence-corrected chi connectivity index (χ0v) is 40.8. The average Bonchev–Trinajstić information content (AvgIpc) is 4.12. The Morgan fingerprint density at radius 1 is 0.591 bits per heavy atom. The first-order valence-electron chi connectivity index (χ1n) is 23.8. The molecule has 6 N–H and O–H groups in total. The molecule has 0 heterocycles. The molecule has 2 aromatic carbocycles. The summed E-state index contributed by atoms with van der Waals surface area (Å²) in [5, 5.41) is 17.4. The fourth-order valence-corrected chi connectivity index (χ4v) is 8.18. The minimum atomic E-state index is -3.29. The maximum absolute atomic E-state index is 14.7. The Morgan fingerprint density at radius 2 is 0.924 bits per heavy atom. The second kappa shape index (κ2) is 27.9. The van der Waals surface area contributed by atoms with Crippen LogP contribution < -0.4 is 21.7 Å². The second-order valence-electron chi connectivity index (χ2n) is 18.9. The van der Waals surface area contributed by atoms with Gasteiger partial charge in [0.15, 0.2) is 12.1 Å². The smallest absolute Gasteiger partial charge is 0.327 e. The molecule has 0 bridgehead atoms. The van der Waals surface area contributed by atoms with E-state index in [2.05, 4.69) is 23.0 Å². The number of likely N-dealkylation sites (N-methyl/N-ethyl adjacent to an activating group) is 2. The Bertz CT molecular complexity index is 1690. The maximum Gasteiger partial charge on any atom is 0.327 e. The van der Waals surface area contributed by atoms with Crippen molar-refractivity contribution in [3.8, 4) is 0 Å². The van der Waals surface area contributed by atoms with E-state index >= 15 is 0 Å². The molecule has 3 aliphatic rings. The quantitative estimate of drug-likeness (QED) is 0.0932. The first-order chi connectivity index (χ1) is 30.9. The summed E-state index contributed by atoms with van der Waals surface area (Å²) in [6.07, 6.45) is 13.5. The monoisotopic (exact) mass is 943 g/mol. The normalized spacial score (nSPS) is 17.6. The predicted molar refractivity (Wildman–Crippen MR) is 250 cm³/mol.